The van der Waals surface area contributed by atoms with Crippen molar-refractivity contribution in [2.24, 2.45) is 0 Å². The van der Waals surface area contributed by atoms with Gasteiger partial charge in [0.05, 0.1) is 41.7 Å². The van der Waals surface area contributed by atoms with Crippen molar-refractivity contribution in [3.05, 3.63) is 78.0 Å². The summed E-state index contributed by atoms with van der Waals surface area (Å²) in [6, 6.07) is 16.0. The molecule has 0 bridgehead atoms. The minimum atomic E-state index is -4.14. The van der Waals surface area contributed by atoms with Gasteiger partial charge in [-0.1, -0.05) is 0 Å². The Bertz CT molecular complexity index is 1710. The summed E-state index contributed by atoms with van der Waals surface area (Å²) in [6.45, 7) is 3.20. The molecule has 10 nitrogen and oxygen atoms in total. The number of hydrogen-bond acceptors (Lipinski definition) is 8. The lowest BCUT2D eigenvalue weighted by Gasteiger charge is -2.12. The topological polar surface area (TPSA) is 130 Å². The lowest BCUT2D eigenvalue weighted by atomic mass is 10.1. The molecule has 0 radical (unpaired) electrons. The van der Waals surface area contributed by atoms with Crippen LogP contribution in [0, 0.1) is 6.92 Å². The Labute approximate surface area is 220 Å². The Morgan fingerprint density at radius 3 is 1.92 bits per heavy atom. The van der Waals surface area contributed by atoms with Gasteiger partial charge in [0, 0.05) is 16.8 Å². The number of nitrogens with one attached hydrogen (secondary N) is 1. The van der Waals surface area contributed by atoms with E-state index >= 15 is 0 Å². The van der Waals surface area contributed by atoms with Gasteiger partial charge >= 0.3 is 5.97 Å². The van der Waals surface area contributed by atoms with Crippen molar-refractivity contribution in [3.63, 3.8) is 0 Å². The molecule has 0 unspecified atom stereocenters. The first-order valence-corrected chi connectivity index (χ1v) is 14.3. The molecule has 1 N–H and O–H groups in total. The molecule has 200 valence electrons. The number of carbonyl (C=O) groups excluding carboxylic acids is 1. The van der Waals surface area contributed by atoms with Crippen LogP contribution in [-0.2, 0) is 24.8 Å². The zero-order valence-corrected chi connectivity index (χ0v) is 22.7. The fourth-order valence-corrected chi connectivity index (χ4v) is 6.66. The summed E-state index contributed by atoms with van der Waals surface area (Å²) in [5, 5.41) is 0.216. The van der Waals surface area contributed by atoms with E-state index in [2.05, 4.69) is 4.72 Å². The number of sulfonamides is 1. The zero-order chi connectivity index (χ0) is 27.7. The summed E-state index contributed by atoms with van der Waals surface area (Å²) < 4.78 is 72.2. The molecule has 0 aliphatic carbocycles. The second-order valence-corrected chi connectivity index (χ2v) is 11.6. The van der Waals surface area contributed by atoms with Crippen LogP contribution in [0.3, 0.4) is 0 Å². The van der Waals surface area contributed by atoms with Crippen molar-refractivity contribution in [1.29, 1.82) is 0 Å². The van der Waals surface area contributed by atoms with Gasteiger partial charge in [-0.25, -0.2) is 25.6 Å². The number of methoxy groups -OCH3 is 2. The third-order valence-corrected chi connectivity index (χ3v) is 9.07. The Kier molecular flexibility index (Phi) is 7.38. The average molecular weight is 559 g/mol. The number of benzene rings is 3. The Morgan fingerprint density at radius 1 is 0.842 bits per heavy atom. The third-order valence-electron chi connectivity index (χ3n) is 5.85. The second kappa shape index (κ2) is 10.4. The van der Waals surface area contributed by atoms with Gasteiger partial charge in [-0.15, -0.1) is 0 Å². The number of ether oxygens (including phenoxy) is 3. The van der Waals surface area contributed by atoms with Crippen LogP contribution >= 0.6 is 0 Å². The minimum absolute atomic E-state index is 0.000141. The van der Waals surface area contributed by atoms with Gasteiger partial charge in [-0.05, 0) is 80.6 Å². The Morgan fingerprint density at radius 2 is 1.39 bits per heavy atom. The van der Waals surface area contributed by atoms with Crippen LogP contribution < -0.4 is 14.2 Å². The van der Waals surface area contributed by atoms with Crippen molar-refractivity contribution in [3.8, 4) is 11.5 Å². The Balaban J connectivity index is 1.85. The highest BCUT2D eigenvalue weighted by Gasteiger charge is 2.29. The number of rotatable bonds is 9. The summed E-state index contributed by atoms with van der Waals surface area (Å²) >= 11 is 0. The highest BCUT2D eigenvalue weighted by molar-refractivity contribution is 7.92. The molecule has 38 heavy (non-hydrogen) atoms. The number of hydrogen-bond donors (Lipinski definition) is 1. The number of fused-ring (bicyclic) bond motifs is 1. The van der Waals surface area contributed by atoms with Crippen LogP contribution in [-0.4, -0.2) is 47.6 Å². The highest BCUT2D eigenvalue weighted by Crippen LogP contribution is 2.33. The molecular weight excluding hydrogens is 532 g/mol. The first kappa shape index (κ1) is 27.0. The lowest BCUT2D eigenvalue weighted by molar-refractivity contribution is 0.0528. The van der Waals surface area contributed by atoms with E-state index in [0.29, 0.717) is 11.5 Å². The van der Waals surface area contributed by atoms with E-state index in [4.69, 9.17) is 14.2 Å². The largest absolute Gasteiger partial charge is 0.497 e. The van der Waals surface area contributed by atoms with E-state index in [1.54, 1.807) is 6.92 Å². The van der Waals surface area contributed by atoms with Crippen LogP contribution in [0.25, 0.3) is 10.9 Å². The monoisotopic (exact) mass is 558 g/mol. The maximum atomic E-state index is 13.7. The summed E-state index contributed by atoms with van der Waals surface area (Å²) in [7, 11) is -5.19. The normalized spacial score (nSPS) is 11.8. The molecule has 0 atom stereocenters. The molecule has 0 saturated carbocycles. The van der Waals surface area contributed by atoms with Gasteiger partial charge in [-0.2, -0.15) is 0 Å². The number of carbonyl (C=O) groups is 1. The van der Waals surface area contributed by atoms with Gasteiger partial charge in [-0.3, -0.25) is 4.72 Å². The Hall–Kier alpha value is -4.03. The number of nitrogens with zero attached hydrogens (tertiary/aromatic N) is 1. The number of esters is 1. The standard InChI is InChI=1S/C26H26N2O8S2/c1-5-36-26(29)25-17(2)28(38(32,33)22-13-9-20(35-4)10-14-22)24-15-6-18(16-23(24)25)27-37(30,31)21-11-7-19(34-3)8-12-21/h6-16,27H,5H2,1-4H3. The van der Waals surface area contributed by atoms with Gasteiger partial charge in [0.1, 0.15) is 11.5 Å². The molecule has 0 aliphatic heterocycles. The zero-order valence-electron chi connectivity index (χ0n) is 21.1. The van der Waals surface area contributed by atoms with E-state index in [1.165, 1.54) is 87.9 Å². The summed E-state index contributed by atoms with van der Waals surface area (Å²) in [4.78, 5) is 12.9. The van der Waals surface area contributed by atoms with Crippen LogP contribution in [0.1, 0.15) is 23.0 Å². The summed E-state index contributed by atoms with van der Waals surface area (Å²) in [6.07, 6.45) is 0. The second-order valence-electron chi connectivity index (χ2n) is 8.14. The van der Waals surface area contributed by atoms with Crippen LogP contribution in [0.15, 0.2) is 76.5 Å². The fraction of sp³-hybridized carbons (Fsp3) is 0.192. The lowest BCUT2D eigenvalue weighted by Crippen LogP contribution is -2.15. The first-order valence-electron chi connectivity index (χ1n) is 11.4. The predicted octanol–water partition coefficient (Wildman–Crippen LogP) is 4.18. The summed E-state index contributed by atoms with van der Waals surface area (Å²) in [5.41, 5.74) is 0.473. The smallest absolute Gasteiger partial charge is 0.340 e. The number of aromatic nitrogens is 1. The van der Waals surface area contributed by atoms with Gasteiger partial charge in [0.2, 0.25) is 0 Å². The SMILES string of the molecule is CCOC(=O)c1c(C)n(S(=O)(=O)c2ccc(OC)cc2)c2ccc(NS(=O)(=O)c3ccc(OC)cc3)cc12. The maximum Gasteiger partial charge on any atom is 0.340 e. The molecule has 0 saturated heterocycles. The molecule has 3 aromatic carbocycles. The van der Waals surface area contributed by atoms with Gasteiger partial charge in [0.15, 0.2) is 0 Å². The highest BCUT2D eigenvalue weighted by atomic mass is 32.2. The van der Waals surface area contributed by atoms with E-state index in [0.717, 1.165) is 3.97 Å². The molecule has 4 aromatic rings. The van der Waals surface area contributed by atoms with E-state index in [9.17, 15) is 21.6 Å². The number of anilines is 1. The van der Waals surface area contributed by atoms with Crippen molar-refractivity contribution in [2.45, 2.75) is 23.6 Å². The maximum absolute atomic E-state index is 13.7. The fourth-order valence-electron chi connectivity index (χ4n) is 4.05. The summed E-state index contributed by atoms with van der Waals surface area (Å²) in [5.74, 6) is 0.257. The minimum Gasteiger partial charge on any atom is -0.497 e. The predicted molar refractivity (Wildman–Crippen MR) is 142 cm³/mol. The van der Waals surface area contributed by atoms with Crippen LogP contribution in [0.2, 0.25) is 0 Å². The molecule has 0 amide bonds. The molecule has 0 aliphatic rings. The van der Waals surface area contributed by atoms with E-state index in [1.807, 2.05) is 0 Å². The molecule has 12 heteroatoms. The van der Waals surface area contributed by atoms with Gasteiger partial charge in [0.25, 0.3) is 20.0 Å². The average Bonchev–Trinajstić information content (AvgIpc) is 3.20. The molecule has 1 heterocycles. The van der Waals surface area contributed by atoms with Crippen molar-refractivity contribution in [2.75, 3.05) is 25.5 Å². The van der Waals surface area contributed by atoms with Crippen LogP contribution in [0.5, 0.6) is 11.5 Å². The molecule has 1 aromatic heterocycles. The van der Waals surface area contributed by atoms with E-state index in [-0.39, 0.29) is 44.2 Å². The van der Waals surface area contributed by atoms with E-state index < -0.39 is 26.0 Å². The third kappa shape index (κ3) is 4.92. The van der Waals surface area contributed by atoms with Crippen molar-refractivity contribution in [1.82, 2.24) is 3.97 Å². The molecular formula is C26H26N2O8S2. The molecule has 0 spiro atoms. The first-order chi connectivity index (χ1) is 18.0. The van der Waals surface area contributed by atoms with Gasteiger partial charge < -0.3 is 14.2 Å². The molecule has 4 rings (SSSR count). The quantitative estimate of drug-likeness (QED) is 0.303. The molecule has 0 fully saturated rings. The van der Waals surface area contributed by atoms with Crippen molar-refractivity contribution >= 4 is 42.6 Å². The van der Waals surface area contributed by atoms with Crippen LogP contribution in [0.4, 0.5) is 5.69 Å². The van der Waals surface area contributed by atoms with Crippen molar-refractivity contribution < 1.29 is 35.8 Å².